The number of hydrogen-bond acceptors (Lipinski definition) is 6. The third-order valence-electron chi connectivity index (χ3n) is 5.05. The number of ether oxygens (including phenoxy) is 2. The van der Waals surface area contributed by atoms with Gasteiger partial charge in [0.05, 0.1) is 12.0 Å². The van der Waals surface area contributed by atoms with Gasteiger partial charge >= 0.3 is 5.69 Å². The van der Waals surface area contributed by atoms with E-state index in [0.29, 0.717) is 13.0 Å². The first-order valence-electron chi connectivity index (χ1n) is 10.4. The lowest BCUT2D eigenvalue weighted by Gasteiger charge is -2.31. The number of aryl methyl sites for hydroxylation is 1. The minimum absolute atomic E-state index is 0.0328. The predicted molar refractivity (Wildman–Crippen MR) is 120 cm³/mol. The standard InChI is InChI=1S/C23H29N3O6/c1-5-19(23(28)24-6-2)25(14-17-10-8-7-9-16(17)3)22(27)15-32-18-11-12-20(26(29)30)21(13-18)31-4/h7-13,19H,5-6,14-15H2,1-4H3,(H,24,28)/t19-/m1/s1. The normalized spacial score (nSPS) is 11.4. The molecule has 0 spiro atoms. The van der Waals surface area contributed by atoms with Crippen LogP contribution >= 0.6 is 0 Å². The number of nitrogens with zero attached hydrogens (tertiary/aromatic N) is 2. The average Bonchev–Trinajstić information content (AvgIpc) is 2.78. The van der Waals surface area contributed by atoms with E-state index in [4.69, 9.17) is 9.47 Å². The van der Waals surface area contributed by atoms with Gasteiger partial charge in [-0.1, -0.05) is 31.2 Å². The molecule has 0 fully saturated rings. The second-order valence-corrected chi connectivity index (χ2v) is 7.15. The first kappa shape index (κ1) is 24.6. The van der Waals surface area contributed by atoms with Gasteiger partial charge in [-0.15, -0.1) is 0 Å². The molecule has 32 heavy (non-hydrogen) atoms. The molecule has 2 amide bonds. The molecule has 0 radical (unpaired) electrons. The summed E-state index contributed by atoms with van der Waals surface area (Å²) in [4.78, 5) is 37.8. The molecule has 9 nitrogen and oxygen atoms in total. The van der Waals surface area contributed by atoms with E-state index in [1.165, 1.54) is 30.2 Å². The molecular formula is C23H29N3O6. The summed E-state index contributed by atoms with van der Waals surface area (Å²) in [7, 11) is 1.32. The van der Waals surface area contributed by atoms with Crippen LogP contribution in [0.15, 0.2) is 42.5 Å². The first-order valence-corrected chi connectivity index (χ1v) is 10.4. The number of benzene rings is 2. The summed E-state index contributed by atoms with van der Waals surface area (Å²) in [5.74, 6) is -0.314. The molecule has 0 saturated heterocycles. The lowest BCUT2D eigenvalue weighted by Crippen LogP contribution is -2.50. The van der Waals surface area contributed by atoms with Gasteiger partial charge in [0.15, 0.2) is 6.61 Å². The van der Waals surface area contributed by atoms with Crippen molar-refractivity contribution in [3.8, 4) is 11.5 Å². The fourth-order valence-corrected chi connectivity index (χ4v) is 3.31. The van der Waals surface area contributed by atoms with Gasteiger partial charge in [0.25, 0.3) is 5.91 Å². The van der Waals surface area contributed by atoms with Crippen molar-refractivity contribution in [2.24, 2.45) is 0 Å². The Morgan fingerprint density at radius 3 is 2.50 bits per heavy atom. The molecule has 0 heterocycles. The molecule has 0 aromatic heterocycles. The van der Waals surface area contributed by atoms with Crippen LogP contribution in [-0.4, -0.2) is 47.9 Å². The molecule has 0 aliphatic rings. The zero-order valence-electron chi connectivity index (χ0n) is 18.8. The van der Waals surface area contributed by atoms with Gasteiger partial charge in [-0.25, -0.2) is 0 Å². The fraction of sp³-hybridized carbons (Fsp3) is 0.391. The maximum atomic E-state index is 13.2. The van der Waals surface area contributed by atoms with Gasteiger partial charge in [0, 0.05) is 25.2 Å². The van der Waals surface area contributed by atoms with E-state index < -0.39 is 11.0 Å². The molecule has 0 bridgehead atoms. The Bertz CT molecular complexity index is 962. The number of rotatable bonds is 11. The number of nitro benzene ring substituents is 1. The van der Waals surface area contributed by atoms with Crippen LogP contribution in [0.1, 0.15) is 31.4 Å². The quantitative estimate of drug-likeness (QED) is 0.422. The predicted octanol–water partition coefficient (Wildman–Crippen LogP) is 3.23. The maximum Gasteiger partial charge on any atom is 0.311 e. The van der Waals surface area contributed by atoms with Crippen molar-refractivity contribution in [1.82, 2.24) is 10.2 Å². The van der Waals surface area contributed by atoms with E-state index in [9.17, 15) is 19.7 Å². The number of carbonyl (C=O) groups is 2. The highest BCUT2D eigenvalue weighted by Gasteiger charge is 2.29. The lowest BCUT2D eigenvalue weighted by atomic mass is 10.1. The third kappa shape index (κ3) is 6.19. The van der Waals surface area contributed by atoms with Gasteiger partial charge in [-0.05, 0) is 37.5 Å². The summed E-state index contributed by atoms with van der Waals surface area (Å²) in [5, 5.41) is 13.8. The molecule has 2 aromatic carbocycles. The Morgan fingerprint density at radius 1 is 1.19 bits per heavy atom. The van der Waals surface area contributed by atoms with Crippen molar-refractivity contribution in [1.29, 1.82) is 0 Å². The van der Waals surface area contributed by atoms with E-state index in [-0.39, 0.29) is 42.2 Å². The zero-order chi connectivity index (χ0) is 23.7. The fourth-order valence-electron chi connectivity index (χ4n) is 3.31. The topological polar surface area (TPSA) is 111 Å². The van der Waals surface area contributed by atoms with Gasteiger partial charge < -0.3 is 19.7 Å². The largest absolute Gasteiger partial charge is 0.490 e. The molecule has 9 heteroatoms. The Morgan fingerprint density at radius 2 is 1.91 bits per heavy atom. The van der Waals surface area contributed by atoms with Crippen LogP contribution in [0.5, 0.6) is 11.5 Å². The van der Waals surface area contributed by atoms with Crippen molar-refractivity contribution in [2.45, 2.75) is 39.8 Å². The van der Waals surface area contributed by atoms with Crippen molar-refractivity contribution in [3.63, 3.8) is 0 Å². The van der Waals surface area contributed by atoms with Crippen LogP contribution in [0.2, 0.25) is 0 Å². The molecule has 2 aromatic rings. The van der Waals surface area contributed by atoms with E-state index in [2.05, 4.69) is 5.32 Å². The van der Waals surface area contributed by atoms with Crippen LogP contribution in [0.25, 0.3) is 0 Å². The summed E-state index contributed by atoms with van der Waals surface area (Å²) in [6.45, 7) is 6.01. The number of likely N-dealkylation sites (N-methyl/N-ethyl adjacent to an activating group) is 1. The number of methoxy groups -OCH3 is 1. The summed E-state index contributed by atoms with van der Waals surface area (Å²) < 4.78 is 10.6. The number of nitro groups is 1. The highest BCUT2D eigenvalue weighted by Crippen LogP contribution is 2.30. The Kier molecular flexibility index (Phi) is 9.00. The molecule has 0 aliphatic heterocycles. The van der Waals surface area contributed by atoms with Crippen molar-refractivity contribution in [3.05, 3.63) is 63.7 Å². The molecular weight excluding hydrogens is 414 g/mol. The highest BCUT2D eigenvalue weighted by atomic mass is 16.6. The molecule has 0 saturated carbocycles. The second-order valence-electron chi connectivity index (χ2n) is 7.15. The van der Waals surface area contributed by atoms with Crippen LogP contribution in [0.3, 0.4) is 0 Å². The number of nitrogens with one attached hydrogen (secondary N) is 1. The van der Waals surface area contributed by atoms with Gasteiger partial charge in [0.2, 0.25) is 11.7 Å². The minimum Gasteiger partial charge on any atom is -0.490 e. The average molecular weight is 444 g/mol. The summed E-state index contributed by atoms with van der Waals surface area (Å²) in [6.07, 6.45) is 0.439. The van der Waals surface area contributed by atoms with Gasteiger partial charge in [-0.2, -0.15) is 0 Å². The maximum absolute atomic E-state index is 13.2. The molecule has 172 valence electrons. The Balaban J connectivity index is 2.24. The number of amides is 2. The van der Waals surface area contributed by atoms with Crippen LogP contribution < -0.4 is 14.8 Å². The second kappa shape index (κ2) is 11.7. The monoisotopic (exact) mass is 443 g/mol. The molecule has 0 aliphatic carbocycles. The van der Waals surface area contributed by atoms with Gasteiger partial charge in [-0.3, -0.25) is 19.7 Å². The summed E-state index contributed by atoms with van der Waals surface area (Å²) in [6, 6.07) is 11.0. The summed E-state index contributed by atoms with van der Waals surface area (Å²) in [5.41, 5.74) is 1.74. The number of carbonyl (C=O) groups excluding carboxylic acids is 2. The van der Waals surface area contributed by atoms with E-state index in [1.54, 1.807) is 0 Å². The van der Waals surface area contributed by atoms with E-state index >= 15 is 0 Å². The van der Waals surface area contributed by atoms with E-state index in [0.717, 1.165) is 11.1 Å². The Hall–Kier alpha value is -3.62. The zero-order valence-corrected chi connectivity index (χ0v) is 18.8. The Labute approximate surface area is 187 Å². The smallest absolute Gasteiger partial charge is 0.311 e. The van der Waals surface area contributed by atoms with Crippen molar-refractivity contribution in [2.75, 3.05) is 20.3 Å². The summed E-state index contributed by atoms with van der Waals surface area (Å²) >= 11 is 0. The molecule has 2 rings (SSSR count). The SMILES string of the molecule is CCNC(=O)[C@@H](CC)N(Cc1ccccc1C)C(=O)COc1ccc([N+](=O)[O-])c(OC)c1. The van der Waals surface area contributed by atoms with Crippen molar-refractivity contribution >= 4 is 17.5 Å². The van der Waals surface area contributed by atoms with Crippen molar-refractivity contribution < 1.29 is 24.0 Å². The molecule has 1 N–H and O–H groups in total. The van der Waals surface area contributed by atoms with E-state index in [1.807, 2.05) is 45.0 Å². The lowest BCUT2D eigenvalue weighted by molar-refractivity contribution is -0.385. The minimum atomic E-state index is -0.656. The van der Waals surface area contributed by atoms with Gasteiger partial charge in [0.1, 0.15) is 11.8 Å². The number of hydrogen-bond donors (Lipinski definition) is 1. The molecule has 0 unspecified atom stereocenters. The third-order valence-corrected chi connectivity index (χ3v) is 5.05. The first-order chi connectivity index (χ1) is 15.3. The highest BCUT2D eigenvalue weighted by molar-refractivity contribution is 5.88. The molecule has 1 atom stereocenters. The van der Waals surface area contributed by atoms with Crippen LogP contribution in [-0.2, 0) is 16.1 Å². The van der Waals surface area contributed by atoms with Crippen LogP contribution in [0, 0.1) is 17.0 Å². The van der Waals surface area contributed by atoms with Crippen LogP contribution in [0.4, 0.5) is 5.69 Å².